The van der Waals surface area contributed by atoms with Crippen LogP contribution in [0.1, 0.15) is 35.5 Å². The van der Waals surface area contributed by atoms with Gasteiger partial charge in [-0.2, -0.15) is 0 Å². The molecule has 7 heteroatoms. The van der Waals surface area contributed by atoms with Crippen molar-refractivity contribution in [1.82, 2.24) is 4.90 Å². The smallest absolute Gasteiger partial charge is 0.236 e. The van der Waals surface area contributed by atoms with Gasteiger partial charge in [0, 0.05) is 16.8 Å². The summed E-state index contributed by atoms with van der Waals surface area (Å²) in [5.41, 5.74) is 1.73. The zero-order valence-electron chi connectivity index (χ0n) is 16.6. The van der Waals surface area contributed by atoms with Gasteiger partial charge in [-0.25, -0.2) is 0 Å². The molecule has 3 aliphatic heterocycles. The van der Waals surface area contributed by atoms with Crippen LogP contribution >= 0.6 is 22.9 Å². The topological polar surface area (TPSA) is 57.7 Å². The first kappa shape index (κ1) is 19.5. The van der Waals surface area contributed by atoms with Crippen LogP contribution in [-0.4, -0.2) is 40.6 Å². The van der Waals surface area contributed by atoms with E-state index >= 15 is 0 Å². The van der Waals surface area contributed by atoms with Crippen molar-refractivity contribution in [3.8, 4) is 0 Å². The first-order valence-electron chi connectivity index (χ1n) is 10.1. The molecule has 0 N–H and O–H groups in total. The lowest BCUT2D eigenvalue weighted by molar-refractivity contribution is -0.142. The van der Waals surface area contributed by atoms with E-state index in [2.05, 4.69) is 0 Å². The van der Waals surface area contributed by atoms with Crippen molar-refractivity contribution in [1.29, 1.82) is 0 Å². The van der Waals surface area contributed by atoms with Crippen LogP contribution in [0.3, 0.4) is 0 Å². The Bertz CT molecular complexity index is 1080. The second-order valence-corrected chi connectivity index (χ2v) is 9.49. The summed E-state index contributed by atoms with van der Waals surface area (Å²) in [4.78, 5) is 44.5. The van der Waals surface area contributed by atoms with Crippen LogP contribution < -0.4 is 4.90 Å². The largest absolute Gasteiger partial charge is 0.352 e. The Morgan fingerprint density at radius 3 is 2.67 bits per heavy atom. The van der Waals surface area contributed by atoms with Crippen molar-refractivity contribution in [2.45, 2.75) is 38.4 Å². The molecule has 2 amide bonds. The van der Waals surface area contributed by atoms with Crippen LogP contribution in [0, 0.1) is 11.8 Å². The molecule has 0 aliphatic carbocycles. The molecule has 30 heavy (non-hydrogen) atoms. The number of carbonyl (C=O) groups excluding carboxylic acids is 3. The van der Waals surface area contributed by atoms with Crippen molar-refractivity contribution < 1.29 is 14.4 Å². The number of hydrogen-bond acceptors (Lipinski definition) is 5. The summed E-state index contributed by atoms with van der Waals surface area (Å²) in [7, 11) is 0. The van der Waals surface area contributed by atoms with Gasteiger partial charge in [0.15, 0.2) is 5.78 Å². The number of imide groups is 1. The lowest BCUT2D eigenvalue weighted by Crippen LogP contribution is -2.50. The minimum Gasteiger partial charge on any atom is -0.352 e. The molecule has 0 spiro atoms. The first-order chi connectivity index (χ1) is 14.4. The van der Waals surface area contributed by atoms with Gasteiger partial charge in [0.1, 0.15) is 6.04 Å². The summed E-state index contributed by atoms with van der Waals surface area (Å²) in [6.07, 6.45) is 4.58. The standard InChI is InChI=1S/C23H21ClN2O3S/c1-3-12(2)25-22(28)18-16-8-6-13-11-14(24)7-9-15(13)26(16)20(19(18)23(25)29)21(27)17-5-4-10-30-17/h4-12,16,18-20H,3H2,1-2H3/t12-,16+,18+,19+,20+/m0/s1. The summed E-state index contributed by atoms with van der Waals surface area (Å²) in [5, 5.41) is 2.46. The molecule has 5 rings (SSSR count). The number of ketones is 1. The molecule has 2 aromatic rings. The van der Waals surface area contributed by atoms with Gasteiger partial charge in [0.05, 0.1) is 22.8 Å². The molecular formula is C23H21ClN2O3S. The Morgan fingerprint density at radius 2 is 1.97 bits per heavy atom. The fourth-order valence-electron chi connectivity index (χ4n) is 5.05. The average molecular weight is 441 g/mol. The highest BCUT2D eigenvalue weighted by Gasteiger charge is 2.64. The molecule has 0 unspecified atom stereocenters. The molecule has 1 aromatic carbocycles. The Balaban J connectivity index is 1.66. The average Bonchev–Trinajstić information content (AvgIpc) is 3.43. The maximum atomic E-state index is 13.6. The molecule has 5 nitrogen and oxygen atoms in total. The second-order valence-electron chi connectivity index (χ2n) is 8.10. The SMILES string of the molecule is CC[C@H](C)N1C(=O)[C@@H]2[C@H](C1=O)[C@H]1C=Cc3cc(Cl)ccc3N1[C@H]2C(=O)c1cccs1. The van der Waals surface area contributed by atoms with Crippen molar-refractivity contribution in [2.24, 2.45) is 11.8 Å². The van der Waals surface area contributed by atoms with Gasteiger partial charge in [-0.05, 0) is 48.6 Å². The molecule has 4 heterocycles. The molecule has 0 radical (unpaired) electrons. The van der Waals surface area contributed by atoms with E-state index < -0.39 is 17.9 Å². The number of fused-ring (bicyclic) bond motifs is 5. The highest BCUT2D eigenvalue weighted by atomic mass is 35.5. The number of hydrogen-bond donors (Lipinski definition) is 0. The van der Waals surface area contributed by atoms with Gasteiger partial charge < -0.3 is 4.90 Å². The highest BCUT2D eigenvalue weighted by molar-refractivity contribution is 7.12. The summed E-state index contributed by atoms with van der Waals surface area (Å²) in [6.45, 7) is 3.85. The molecular weight excluding hydrogens is 420 g/mol. The summed E-state index contributed by atoms with van der Waals surface area (Å²) in [6, 6.07) is 7.90. The third-order valence-corrected chi connectivity index (χ3v) is 7.69. The fraction of sp³-hybridized carbons (Fsp3) is 0.348. The quantitative estimate of drug-likeness (QED) is 0.526. The Kier molecular flexibility index (Phi) is 4.60. The molecule has 0 saturated carbocycles. The van der Waals surface area contributed by atoms with Crippen LogP contribution in [0.2, 0.25) is 5.02 Å². The van der Waals surface area contributed by atoms with E-state index in [9.17, 15) is 14.4 Å². The summed E-state index contributed by atoms with van der Waals surface area (Å²) < 4.78 is 0. The molecule has 1 aromatic heterocycles. The predicted molar refractivity (Wildman–Crippen MR) is 118 cm³/mol. The monoisotopic (exact) mass is 440 g/mol. The van der Waals surface area contributed by atoms with Gasteiger partial charge in [-0.3, -0.25) is 19.3 Å². The third-order valence-electron chi connectivity index (χ3n) is 6.57. The number of nitrogens with zero attached hydrogens (tertiary/aromatic N) is 2. The zero-order chi connectivity index (χ0) is 21.2. The van der Waals surface area contributed by atoms with Gasteiger partial charge in [-0.1, -0.05) is 36.7 Å². The maximum absolute atomic E-state index is 13.6. The van der Waals surface area contributed by atoms with Crippen molar-refractivity contribution in [3.05, 3.63) is 57.3 Å². The summed E-state index contributed by atoms with van der Waals surface area (Å²) >= 11 is 7.54. The number of halogens is 1. The number of likely N-dealkylation sites (tertiary alicyclic amines) is 1. The van der Waals surface area contributed by atoms with E-state index in [1.807, 2.05) is 54.5 Å². The molecule has 0 bridgehead atoms. The van der Waals surface area contributed by atoms with E-state index in [0.29, 0.717) is 16.3 Å². The molecule has 2 saturated heterocycles. The minimum atomic E-state index is -0.714. The second kappa shape index (κ2) is 7.06. The van der Waals surface area contributed by atoms with Crippen LogP contribution in [0.15, 0.2) is 41.8 Å². The maximum Gasteiger partial charge on any atom is 0.236 e. The number of Topliss-reactive ketones (excluding diaryl/α,β-unsaturated/α-hetero) is 1. The number of carbonyl (C=O) groups is 3. The number of benzene rings is 1. The molecule has 5 atom stereocenters. The molecule has 154 valence electrons. The van der Waals surface area contributed by atoms with Gasteiger partial charge in [0.2, 0.25) is 11.8 Å². The number of amides is 2. The zero-order valence-corrected chi connectivity index (χ0v) is 18.2. The minimum absolute atomic E-state index is 0.106. The van der Waals surface area contributed by atoms with Crippen LogP contribution in [0.25, 0.3) is 6.08 Å². The number of anilines is 1. The number of rotatable bonds is 4. The Morgan fingerprint density at radius 1 is 1.20 bits per heavy atom. The van der Waals surface area contributed by atoms with Crippen molar-refractivity contribution in [3.63, 3.8) is 0 Å². The van der Waals surface area contributed by atoms with E-state index in [0.717, 1.165) is 11.3 Å². The highest BCUT2D eigenvalue weighted by Crippen LogP contribution is 2.50. The summed E-state index contributed by atoms with van der Waals surface area (Å²) in [5.74, 6) is -1.74. The Hall–Kier alpha value is -2.44. The van der Waals surface area contributed by atoms with Crippen LogP contribution in [0.5, 0.6) is 0 Å². The van der Waals surface area contributed by atoms with Crippen molar-refractivity contribution in [2.75, 3.05) is 4.90 Å². The van der Waals surface area contributed by atoms with Crippen molar-refractivity contribution >= 4 is 52.3 Å². The van der Waals surface area contributed by atoms with Gasteiger partial charge >= 0.3 is 0 Å². The first-order valence-corrected chi connectivity index (χ1v) is 11.4. The van der Waals surface area contributed by atoms with Gasteiger partial charge in [-0.15, -0.1) is 11.3 Å². The normalized spacial score (nSPS) is 27.8. The molecule has 2 fully saturated rings. The number of thiophene rings is 1. The third kappa shape index (κ3) is 2.63. The van der Waals surface area contributed by atoms with Crippen LogP contribution in [-0.2, 0) is 9.59 Å². The Labute approximate surface area is 183 Å². The van der Waals surface area contributed by atoms with Crippen LogP contribution in [0.4, 0.5) is 5.69 Å². The van der Waals surface area contributed by atoms with E-state index in [-0.39, 0.29) is 29.7 Å². The van der Waals surface area contributed by atoms with Gasteiger partial charge in [0.25, 0.3) is 0 Å². The predicted octanol–water partition coefficient (Wildman–Crippen LogP) is 4.27. The van der Waals surface area contributed by atoms with E-state index in [1.165, 1.54) is 16.2 Å². The van der Waals surface area contributed by atoms with E-state index in [1.54, 1.807) is 12.1 Å². The fourth-order valence-corrected chi connectivity index (χ4v) is 5.93. The lowest BCUT2D eigenvalue weighted by Gasteiger charge is -2.37. The van der Waals surface area contributed by atoms with E-state index in [4.69, 9.17) is 11.6 Å². The molecule has 3 aliphatic rings. The lowest BCUT2D eigenvalue weighted by atomic mass is 9.87.